The number of aldehydes is 1. The standard InChI is InChI=1S/C14H26N2O3/c1-13(2,3)19-12(18)15-14(4,10-17)9-11-7-6-8-16(11)5/h10-11H,6-9H2,1-5H3,(H,15,18). The van der Waals surface area contributed by atoms with Gasteiger partial charge < -0.3 is 19.7 Å². The Balaban J connectivity index is 2.59. The number of alkyl carbamates (subject to hydrolysis) is 1. The molecular formula is C14H26N2O3. The largest absolute Gasteiger partial charge is 0.444 e. The number of rotatable bonds is 4. The van der Waals surface area contributed by atoms with E-state index in [2.05, 4.69) is 17.3 Å². The van der Waals surface area contributed by atoms with Gasteiger partial charge in [0, 0.05) is 6.04 Å². The zero-order chi connectivity index (χ0) is 14.7. The lowest BCUT2D eigenvalue weighted by Crippen LogP contribution is -2.52. The molecule has 0 spiro atoms. The fraction of sp³-hybridized carbons (Fsp3) is 0.857. The molecule has 0 aliphatic carbocycles. The Kier molecular flexibility index (Phi) is 4.96. The van der Waals surface area contributed by atoms with Gasteiger partial charge in [-0.15, -0.1) is 0 Å². The molecule has 110 valence electrons. The molecule has 2 unspecified atom stereocenters. The zero-order valence-electron chi connectivity index (χ0n) is 12.7. The quantitative estimate of drug-likeness (QED) is 0.793. The molecular weight excluding hydrogens is 244 g/mol. The average molecular weight is 270 g/mol. The molecule has 1 aliphatic rings. The molecule has 5 nitrogen and oxygen atoms in total. The lowest BCUT2D eigenvalue weighted by Gasteiger charge is -2.31. The van der Waals surface area contributed by atoms with E-state index in [9.17, 15) is 9.59 Å². The maximum atomic E-state index is 11.8. The van der Waals surface area contributed by atoms with Crippen LogP contribution in [0.2, 0.25) is 0 Å². The summed E-state index contributed by atoms with van der Waals surface area (Å²) in [6.07, 6.45) is 3.09. The summed E-state index contributed by atoms with van der Waals surface area (Å²) in [5.74, 6) is 0. The molecule has 0 bridgehead atoms. The Morgan fingerprint density at radius 1 is 1.42 bits per heavy atom. The van der Waals surface area contributed by atoms with Gasteiger partial charge in [-0.3, -0.25) is 0 Å². The summed E-state index contributed by atoms with van der Waals surface area (Å²) in [6, 6.07) is 0.338. The Bertz CT molecular complexity index is 338. The van der Waals surface area contributed by atoms with E-state index < -0.39 is 17.2 Å². The van der Waals surface area contributed by atoms with Crippen molar-refractivity contribution >= 4 is 12.4 Å². The van der Waals surface area contributed by atoms with Crippen LogP contribution in [0.5, 0.6) is 0 Å². The summed E-state index contributed by atoms with van der Waals surface area (Å²) in [5.41, 5.74) is -1.43. The summed E-state index contributed by atoms with van der Waals surface area (Å²) in [5, 5.41) is 2.69. The first-order chi connectivity index (χ1) is 8.65. The minimum Gasteiger partial charge on any atom is -0.444 e. The SMILES string of the molecule is CN1CCCC1CC(C)(C=O)NC(=O)OC(C)(C)C. The highest BCUT2D eigenvalue weighted by Gasteiger charge is 2.34. The Morgan fingerprint density at radius 3 is 2.47 bits per heavy atom. The van der Waals surface area contributed by atoms with Crippen molar-refractivity contribution in [2.75, 3.05) is 13.6 Å². The maximum absolute atomic E-state index is 11.8. The molecule has 0 radical (unpaired) electrons. The topological polar surface area (TPSA) is 58.6 Å². The van der Waals surface area contributed by atoms with Crippen molar-refractivity contribution in [1.82, 2.24) is 10.2 Å². The first kappa shape index (κ1) is 16.0. The second-order valence-corrected chi connectivity index (χ2v) is 6.64. The van der Waals surface area contributed by atoms with Crippen molar-refractivity contribution in [2.45, 2.75) is 64.1 Å². The Labute approximate surface area is 115 Å². The van der Waals surface area contributed by atoms with E-state index in [0.717, 1.165) is 25.7 Å². The zero-order valence-corrected chi connectivity index (χ0v) is 12.7. The number of amides is 1. The van der Waals surface area contributed by atoms with E-state index in [-0.39, 0.29) is 0 Å². The first-order valence-corrected chi connectivity index (χ1v) is 6.83. The fourth-order valence-corrected chi connectivity index (χ4v) is 2.39. The van der Waals surface area contributed by atoms with Crippen LogP contribution < -0.4 is 5.32 Å². The van der Waals surface area contributed by atoms with Crippen molar-refractivity contribution < 1.29 is 14.3 Å². The minimum atomic E-state index is -0.869. The van der Waals surface area contributed by atoms with Gasteiger partial charge in [-0.25, -0.2) is 4.79 Å². The lowest BCUT2D eigenvalue weighted by atomic mass is 9.93. The number of nitrogens with zero attached hydrogens (tertiary/aromatic N) is 1. The van der Waals surface area contributed by atoms with Crippen LogP contribution in [0.15, 0.2) is 0 Å². The predicted octanol–water partition coefficient (Wildman–Crippen LogP) is 1.95. The van der Waals surface area contributed by atoms with Gasteiger partial charge in [-0.1, -0.05) is 0 Å². The monoisotopic (exact) mass is 270 g/mol. The Morgan fingerprint density at radius 2 is 2.05 bits per heavy atom. The van der Waals surface area contributed by atoms with E-state index in [0.29, 0.717) is 12.5 Å². The summed E-state index contributed by atoms with van der Waals surface area (Å²) >= 11 is 0. The predicted molar refractivity (Wildman–Crippen MR) is 74.1 cm³/mol. The second kappa shape index (κ2) is 5.90. The molecule has 5 heteroatoms. The molecule has 1 aliphatic heterocycles. The van der Waals surface area contributed by atoms with Gasteiger partial charge >= 0.3 is 6.09 Å². The summed E-state index contributed by atoms with van der Waals surface area (Å²) in [4.78, 5) is 25.4. The number of hydrogen-bond donors (Lipinski definition) is 1. The van der Waals surface area contributed by atoms with Crippen LogP contribution >= 0.6 is 0 Å². The van der Waals surface area contributed by atoms with Crippen molar-refractivity contribution in [3.63, 3.8) is 0 Å². The summed E-state index contributed by atoms with van der Waals surface area (Å²) < 4.78 is 5.20. The normalized spacial score (nSPS) is 23.7. The van der Waals surface area contributed by atoms with Crippen molar-refractivity contribution in [3.05, 3.63) is 0 Å². The van der Waals surface area contributed by atoms with Gasteiger partial charge in [-0.05, 0) is 60.5 Å². The van der Waals surface area contributed by atoms with E-state index in [1.807, 2.05) is 0 Å². The second-order valence-electron chi connectivity index (χ2n) is 6.64. The fourth-order valence-electron chi connectivity index (χ4n) is 2.39. The number of carbonyl (C=O) groups is 2. The van der Waals surface area contributed by atoms with Crippen LogP contribution in [0.4, 0.5) is 4.79 Å². The highest BCUT2D eigenvalue weighted by atomic mass is 16.6. The molecule has 1 N–H and O–H groups in total. The van der Waals surface area contributed by atoms with Gasteiger partial charge in [0.15, 0.2) is 0 Å². The third-order valence-electron chi connectivity index (χ3n) is 3.38. The number of hydrogen-bond acceptors (Lipinski definition) is 4. The molecule has 1 saturated heterocycles. The van der Waals surface area contributed by atoms with Crippen molar-refractivity contribution in [2.24, 2.45) is 0 Å². The van der Waals surface area contributed by atoms with Crippen LogP contribution in [-0.2, 0) is 9.53 Å². The molecule has 1 fully saturated rings. The van der Waals surface area contributed by atoms with Crippen LogP contribution in [0, 0.1) is 0 Å². The van der Waals surface area contributed by atoms with E-state index in [4.69, 9.17) is 4.74 Å². The van der Waals surface area contributed by atoms with E-state index in [1.54, 1.807) is 27.7 Å². The molecule has 19 heavy (non-hydrogen) atoms. The molecule has 0 aromatic carbocycles. The molecule has 1 heterocycles. The van der Waals surface area contributed by atoms with Crippen molar-refractivity contribution in [3.8, 4) is 0 Å². The van der Waals surface area contributed by atoms with E-state index >= 15 is 0 Å². The average Bonchev–Trinajstić information content (AvgIpc) is 2.61. The number of nitrogens with one attached hydrogen (secondary N) is 1. The molecule has 0 saturated carbocycles. The van der Waals surface area contributed by atoms with Gasteiger partial charge in [0.05, 0.1) is 5.54 Å². The van der Waals surface area contributed by atoms with Crippen molar-refractivity contribution in [1.29, 1.82) is 0 Å². The summed E-state index contributed by atoms with van der Waals surface area (Å²) in [7, 11) is 2.05. The third-order valence-corrected chi connectivity index (χ3v) is 3.38. The van der Waals surface area contributed by atoms with E-state index in [1.165, 1.54) is 0 Å². The number of likely N-dealkylation sites (tertiary alicyclic amines) is 1. The van der Waals surface area contributed by atoms with Gasteiger partial charge in [0.2, 0.25) is 0 Å². The molecule has 0 aromatic heterocycles. The van der Waals surface area contributed by atoms with Gasteiger partial charge in [-0.2, -0.15) is 0 Å². The van der Waals surface area contributed by atoms with Crippen LogP contribution in [0.25, 0.3) is 0 Å². The molecule has 1 rings (SSSR count). The lowest BCUT2D eigenvalue weighted by molar-refractivity contribution is -0.113. The first-order valence-electron chi connectivity index (χ1n) is 6.83. The molecule has 1 amide bonds. The van der Waals surface area contributed by atoms with Crippen LogP contribution in [-0.4, -0.2) is 48.1 Å². The molecule has 2 atom stereocenters. The van der Waals surface area contributed by atoms with Crippen LogP contribution in [0.3, 0.4) is 0 Å². The molecule has 0 aromatic rings. The third kappa shape index (κ3) is 5.19. The van der Waals surface area contributed by atoms with Gasteiger partial charge in [0.25, 0.3) is 0 Å². The smallest absolute Gasteiger partial charge is 0.408 e. The highest BCUT2D eigenvalue weighted by Crippen LogP contribution is 2.23. The summed E-state index contributed by atoms with van der Waals surface area (Å²) in [6.45, 7) is 8.20. The Hall–Kier alpha value is -1.10. The number of ether oxygens (including phenoxy) is 1. The highest BCUT2D eigenvalue weighted by molar-refractivity contribution is 5.76. The maximum Gasteiger partial charge on any atom is 0.408 e. The van der Waals surface area contributed by atoms with Crippen LogP contribution in [0.1, 0.15) is 47.0 Å². The minimum absolute atomic E-state index is 0.338. The van der Waals surface area contributed by atoms with Gasteiger partial charge in [0.1, 0.15) is 11.9 Å². The number of carbonyl (C=O) groups excluding carboxylic acids is 2.